The van der Waals surface area contributed by atoms with Crippen LogP contribution in [0, 0.1) is 6.92 Å². The number of rotatable bonds is 10. The number of likely N-dealkylation sites (tertiary alicyclic amines) is 1. The van der Waals surface area contributed by atoms with E-state index in [-0.39, 0.29) is 11.3 Å². The lowest BCUT2D eigenvalue weighted by Crippen LogP contribution is -2.38. The van der Waals surface area contributed by atoms with Gasteiger partial charge in [0.2, 0.25) is 0 Å². The van der Waals surface area contributed by atoms with Gasteiger partial charge >= 0.3 is 0 Å². The minimum atomic E-state index is -0.801. The smallest absolute Gasteiger partial charge is 0.295 e. The number of carbonyl (C=O) groups is 2. The number of halogens is 2. The summed E-state index contributed by atoms with van der Waals surface area (Å²) >= 11 is 12.5. The SMILES string of the molecule is CCN(CC)CCN1C(=O)C(=O)C(=C(O)c2ccc(OCc3ccccc3)c(C)c2)[C@H]1c1ccc(Cl)c(Cl)c1. The second kappa shape index (κ2) is 12.7. The summed E-state index contributed by atoms with van der Waals surface area (Å²) in [4.78, 5) is 30.3. The van der Waals surface area contributed by atoms with Crippen LogP contribution in [-0.2, 0) is 16.2 Å². The normalized spacial score (nSPS) is 16.8. The molecule has 1 heterocycles. The molecule has 6 nitrogen and oxygen atoms in total. The fraction of sp³-hybridized carbons (Fsp3) is 0.290. The minimum absolute atomic E-state index is 0.0234. The third-order valence-electron chi connectivity index (χ3n) is 7.04. The van der Waals surface area contributed by atoms with Crippen molar-refractivity contribution in [2.75, 3.05) is 26.2 Å². The van der Waals surface area contributed by atoms with Crippen LogP contribution in [0.15, 0.2) is 72.3 Å². The van der Waals surface area contributed by atoms with E-state index in [1.54, 1.807) is 36.4 Å². The molecule has 0 saturated carbocycles. The van der Waals surface area contributed by atoms with Crippen molar-refractivity contribution in [3.8, 4) is 5.75 Å². The predicted octanol–water partition coefficient (Wildman–Crippen LogP) is 6.64. The molecular weight excluding hydrogens is 535 g/mol. The Balaban J connectivity index is 1.71. The molecule has 0 spiro atoms. The quantitative estimate of drug-likeness (QED) is 0.169. The number of ether oxygens (including phenoxy) is 1. The van der Waals surface area contributed by atoms with Gasteiger partial charge in [-0.1, -0.05) is 73.4 Å². The Kier molecular flexibility index (Phi) is 9.33. The van der Waals surface area contributed by atoms with E-state index in [0.29, 0.717) is 46.6 Å². The number of hydrogen-bond donors (Lipinski definition) is 1. The molecule has 0 aliphatic carbocycles. The molecule has 1 aliphatic heterocycles. The molecule has 1 aliphatic rings. The maximum absolute atomic E-state index is 13.4. The van der Waals surface area contributed by atoms with Crippen molar-refractivity contribution >= 4 is 40.7 Å². The molecule has 39 heavy (non-hydrogen) atoms. The van der Waals surface area contributed by atoms with Crippen LogP contribution in [0.1, 0.15) is 42.1 Å². The standard InChI is InChI=1S/C31H32Cl2N2O4/c1-4-34(5-2)15-16-35-28(22-11-13-24(32)25(33)18-22)27(30(37)31(35)38)29(36)23-12-14-26(20(3)17-23)39-19-21-9-7-6-8-10-21/h6-14,17-18,28,36H,4-5,15-16,19H2,1-3H3/t28-/m1/s1. The number of aliphatic hydroxyl groups excluding tert-OH is 1. The lowest BCUT2D eigenvalue weighted by atomic mass is 9.94. The van der Waals surface area contributed by atoms with Crippen molar-refractivity contribution in [2.45, 2.75) is 33.4 Å². The van der Waals surface area contributed by atoms with Gasteiger partial charge < -0.3 is 19.6 Å². The summed E-state index contributed by atoms with van der Waals surface area (Å²) in [6, 6.07) is 19.2. The fourth-order valence-corrected chi connectivity index (χ4v) is 5.08. The number of carbonyl (C=O) groups excluding carboxylic acids is 2. The van der Waals surface area contributed by atoms with Crippen molar-refractivity contribution in [1.29, 1.82) is 0 Å². The first-order valence-electron chi connectivity index (χ1n) is 13.0. The zero-order valence-corrected chi connectivity index (χ0v) is 23.8. The Morgan fingerprint density at radius 1 is 0.974 bits per heavy atom. The highest BCUT2D eigenvalue weighted by molar-refractivity contribution is 6.46. The van der Waals surface area contributed by atoms with E-state index in [9.17, 15) is 14.7 Å². The highest BCUT2D eigenvalue weighted by Gasteiger charge is 2.46. The number of likely N-dealkylation sites (N-methyl/N-ethyl adjacent to an activating group) is 1. The number of Topliss-reactive ketones (excluding diaryl/α,β-unsaturated/α-hetero) is 1. The average molecular weight is 568 g/mol. The number of nitrogens with zero attached hydrogens (tertiary/aromatic N) is 2. The maximum atomic E-state index is 13.4. The zero-order chi connectivity index (χ0) is 28.1. The van der Waals surface area contributed by atoms with Gasteiger partial charge in [-0.05, 0) is 67.0 Å². The van der Waals surface area contributed by atoms with Gasteiger partial charge in [0.05, 0.1) is 21.7 Å². The Labute approximate surface area is 239 Å². The van der Waals surface area contributed by atoms with Crippen LogP contribution in [-0.4, -0.2) is 52.8 Å². The molecule has 0 radical (unpaired) electrons. The Morgan fingerprint density at radius 3 is 2.33 bits per heavy atom. The van der Waals surface area contributed by atoms with E-state index in [1.807, 2.05) is 51.1 Å². The van der Waals surface area contributed by atoms with Gasteiger partial charge in [0.1, 0.15) is 18.1 Å². The van der Waals surface area contributed by atoms with Crippen molar-refractivity contribution < 1.29 is 19.4 Å². The summed E-state index contributed by atoms with van der Waals surface area (Å²) in [6.07, 6.45) is 0. The van der Waals surface area contributed by atoms with Crippen LogP contribution in [0.4, 0.5) is 0 Å². The number of aliphatic hydroxyl groups is 1. The van der Waals surface area contributed by atoms with Crippen LogP contribution in [0.25, 0.3) is 5.76 Å². The maximum Gasteiger partial charge on any atom is 0.295 e. The predicted molar refractivity (Wildman–Crippen MR) is 155 cm³/mol. The van der Waals surface area contributed by atoms with Gasteiger partial charge in [-0.3, -0.25) is 9.59 Å². The Bertz CT molecular complexity index is 1390. The zero-order valence-electron chi connectivity index (χ0n) is 22.3. The molecule has 1 N–H and O–H groups in total. The summed E-state index contributed by atoms with van der Waals surface area (Å²) in [5.74, 6) is -0.965. The number of ketones is 1. The summed E-state index contributed by atoms with van der Waals surface area (Å²) in [5.41, 5.74) is 2.87. The van der Waals surface area contributed by atoms with Crippen LogP contribution in [0.3, 0.4) is 0 Å². The van der Waals surface area contributed by atoms with Gasteiger partial charge in [-0.2, -0.15) is 0 Å². The van der Waals surface area contributed by atoms with Crippen molar-refractivity contribution in [2.24, 2.45) is 0 Å². The summed E-state index contributed by atoms with van der Waals surface area (Å²) in [6.45, 7) is 8.90. The highest BCUT2D eigenvalue weighted by atomic mass is 35.5. The molecular formula is C31H32Cl2N2O4. The monoisotopic (exact) mass is 566 g/mol. The molecule has 3 aromatic rings. The summed E-state index contributed by atoms with van der Waals surface area (Å²) < 4.78 is 5.97. The lowest BCUT2D eigenvalue weighted by molar-refractivity contribution is -0.140. The molecule has 0 bridgehead atoms. The van der Waals surface area contributed by atoms with Crippen LogP contribution in [0.5, 0.6) is 5.75 Å². The molecule has 0 aromatic heterocycles. The van der Waals surface area contributed by atoms with E-state index < -0.39 is 17.7 Å². The molecule has 8 heteroatoms. The van der Waals surface area contributed by atoms with Crippen molar-refractivity contribution in [3.05, 3.63) is 105 Å². The van der Waals surface area contributed by atoms with Gasteiger partial charge in [0.15, 0.2) is 0 Å². The number of amides is 1. The van der Waals surface area contributed by atoms with Crippen LogP contribution >= 0.6 is 23.2 Å². The fourth-order valence-electron chi connectivity index (χ4n) is 4.78. The largest absolute Gasteiger partial charge is 0.507 e. The van der Waals surface area contributed by atoms with Crippen LogP contribution < -0.4 is 4.74 Å². The number of hydrogen-bond acceptors (Lipinski definition) is 5. The molecule has 4 rings (SSSR count). The van der Waals surface area contributed by atoms with Gasteiger partial charge in [0.25, 0.3) is 11.7 Å². The molecule has 1 amide bonds. The number of benzene rings is 3. The minimum Gasteiger partial charge on any atom is -0.507 e. The van der Waals surface area contributed by atoms with E-state index >= 15 is 0 Å². The van der Waals surface area contributed by atoms with Crippen LogP contribution in [0.2, 0.25) is 10.0 Å². The highest BCUT2D eigenvalue weighted by Crippen LogP contribution is 2.41. The summed E-state index contributed by atoms with van der Waals surface area (Å²) in [5, 5.41) is 12.1. The molecule has 1 atom stereocenters. The Hall–Kier alpha value is -3.32. The number of aryl methyl sites for hydroxylation is 1. The third-order valence-corrected chi connectivity index (χ3v) is 7.78. The molecule has 1 fully saturated rings. The third kappa shape index (κ3) is 6.30. The topological polar surface area (TPSA) is 70.1 Å². The molecule has 1 saturated heterocycles. The molecule has 3 aromatic carbocycles. The molecule has 204 valence electrons. The van der Waals surface area contributed by atoms with Crippen molar-refractivity contribution in [1.82, 2.24) is 9.80 Å². The first-order chi connectivity index (χ1) is 18.7. The van der Waals surface area contributed by atoms with Gasteiger partial charge in [-0.15, -0.1) is 0 Å². The molecule has 0 unspecified atom stereocenters. The average Bonchev–Trinajstić information content (AvgIpc) is 3.19. The second-order valence-electron chi connectivity index (χ2n) is 9.45. The second-order valence-corrected chi connectivity index (χ2v) is 10.3. The van der Waals surface area contributed by atoms with E-state index in [0.717, 1.165) is 24.2 Å². The first-order valence-corrected chi connectivity index (χ1v) is 13.7. The van der Waals surface area contributed by atoms with E-state index in [2.05, 4.69) is 4.90 Å². The van der Waals surface area contributed by atoms with Gasteiger partial charge in [0, 0.05) is 18.7 Å². The Morgan fingerprint density at radius 2 is 1.69 bits per heavy atom. The first kappa shape index (κ1) is 28.7. The summed E-state index contributed by atoms with van der Waals surface area (Å²) in [7, 11) is 0. The lowest BCUT2D eigenvalue weighted by Gasteiger charge is -2.28. The van der Waals surface area contributed by atoms with Crippen molar-refractivity contribution in [3.63, 3.8) is 0 Å². The van der Waals surface area contributed by atoms with E-state index in [1.165, 1.54) is 4.90 Å². The van der Waals surface area contributed by atoms with Gasteiger partial charge in [-0.25, -0.2) is 0 Å². The van der Waals surface area contributed by atoms with E-state index in [4.69, 9.17) is 27.9 Å².